The molecule has 0 unspecified atom stereocenters. The standard InChI is InChI=1S/C18H14BrF3N4O2/c1-4-17(3,5-2)24-16(27)14-13(19)15-23-10(11-7-6-8-28-11)9-12(18(20,21)22)26(15)25-14/h1,6-9H,5H2,2-3H3,(H,24,27)/t17-/m0/s1. The number of halogens is 4. The zero-order valence-electron chi connectivity index (χ0n) is 14.8. The summed E-state index contributed by atoms with van der Waals surface area (Å²) in [7, 11) is 0. The Bertz CT molecular complexity index is 1080. The maximum atomic E-state index is 13.6. The van der Waals surface area contributed by atoms with Crippen LogP contribution in [0.5, 0.6) is 0 Å². The number of rotatable bonds is 4. The Balaban J connectivity index is 2.19. The van der Waals surface area contributed by atoms with Gasteiger partial charge in [-0.05, 0) is 47.5 Å². The van der Waals surface area contributed by atoms with Gasteiger partial charge in [0.2, 0.25) is 0 Å². The number of fused-ring (bicyclic) bond motifs is 1. The number of amides is 1. The van der Waals surface area contributed by atoms with E-state index in [0.29, 0.717) is 10.9 Å². The molecule has 3 heterocycles. The number of alkyl halides is 3. The Labute approximate surface area is 166 Å². The van der Waals surface area contributed by atoms with Gasteiger partial charge in [0.25, 0.3) is 5.91 Å². The lowest BCUT2D eigenvalue weighted by atomic mass is 10.0. The molecule has 1 atom stereocenters. The molecule has 0 aliphatic heterocycles. The van der Waals surface area contributed by atoms with Gasteiger partial charge in [-0.25, -0.2) is 9.50 Å². The second kappa shape index (κ2) is 6.98. The molecule has 10 heteroatoms. The normalized spacial score (nSPS) is 13.9. The summed E-state index contributed by atoms with van der Waals surface area (Å²) in [4.78, 5) is 16.8. The molecule has 0 saturated carbocycles. The first kappa shape index (κ1) is 19.9. The highest BCUT2D eigenvalue weighted by Gasteiger charge is 2.37. The second-order valence-electron chi connectivity index (χ2n) is 6.18. The summed E-state index contributed by atoms with van der Waals surface area (Å²) in [6.07, 6.45) is 2.45. The highest BCUT2D eigenvalue weighted by molar-refractivity contribution is 9.10. The van der Waals surface area contributed by atoms with Gasteiger partial charge in [0.15, 0.2) is 22.8 Å². The summed E-state index contributed by atoms with van der Waals surface area (Å²) in [5.41, 5.74) is -2.54. The van der Waals surface area contributed by atoms with Crippen molar-refractivity contribution >= 4 is 27.5 Å². The van der Waals surface area contributed by atoms with E-state index in [1.54, 1.807) is 13.8 Å². The van der Waals surface area contributed by atoms with Crippen molar-refractivity contribution in [3.8, 4) is 23.8 Å². The average molecular weight is 455 g/mol. The Morgan fingerprint density at radius 3 is 2.71 bits per heavy atom. The minimum atomic E-state index is -4.74. The van der Waals surface area contributed by atoms with Crippen LogP contribution >= 0.6 is 15.9 Å². The van der Waals surface area contributed by atoms with E-state index >= 15 is 0 Å². The fraction of sp³-hybridized carbons (Fsp3) is 0.278. The Hall–Kier alpha value is -2.80. The Morgan fingerprint density at radius 1 is 1.46 bits per heavy atom. The molecule has 0 aliphatic rings. The molecular weight excluding hydrogens is 441 g/mol. The zero-order chi connectivity index (χ0) is 20.7. The molecule has 0 saturated heterocycles. The Kier molecular flexibility index (Phi) is 4.97. The maximum Gasteiger partial charge on any atom is 0.433 e. The smallest absolute Gasteiger partial charge is 0.433 e. The topological polar surface area (TPSA) is 72.4 Å². The van der Waals surface area contributed by atoms with Gasteiger partial charge in [-0.2, -0.15) is 18.3 Å². The number of nitrogens with one attached hydrogen (secondary N) is 1. The number of hydrogen-bond acceptors (Lipinski definition) is 4. The molecule has 28 heavy (non-hydrogen) atoms. The lowest BCUT2D eigenvalue weighted by Gasteiger charge is -2.22. The summed E-state index contributed by atoms with van der Waals surface area (Å²) < 4.78 is 46.5. The van der Waals surface area contributed by atoms with Gasteiger partial charge in [0, 0.05) is 0 Å². The molecule has 0 aliphatic carbocycles. The summed E-state index contributed by atoms with van der Waals surface area (Å²) >= 11 is 3.15. The highest BCUT2D eigenvalue weighted by atomic mass is 79.9. The summed E-state index contributed by atoms with van der Waals surface area (Å²) in [5, 5.41) is 6.43. The van der Waals surface area contributed by atoms with Crippen molar-refractivity contribution in [1.29, 1.82) is 0 Å². The monoisotopic (exact) mass is 454 g/mol. The van der Waals surface area contributed by atoms with Crippen LogP contribution in [-0.2, 0) is 6.18 Å². The van der Waals surface area contributed by atoms with E-state index in [2.05, 4.69) is 37.2 Å². The van der Waals surface area contributed by atoms with Crippen molar-refractivity contribution in [2.75, 3.05) is 0 Å². The van der Waals surface area contributed by atoms with Crippen LogP contribution < -0.4 is 5.32 Å². The van der Waals surface area contributed by atoms with E-state index in [1.165, 1.54) is 18.4 Å². The number of nitrogens with zero attached hydrogens (tertiary/aromatic N) is 3. The lowest BCUT2D eigenvalue weighted by Crippen LogP contribution is -2.44. The van der Waals surface area contributed by atoms with Crippen molar-refractivity contribution in [1.82, 2.24) is 19.9 Å². The van der Waals surface area contributed by atoms with Crippen LogP contribution in [0.15, 0.2) is 33.4 Å². The predicted molar refractivity (Wildman–Crippen MR) is 98.4 cm³/mol. The van der Waals surface area contributed by atoms with Crippen LogP contribution in [0.1, 0.15) is 36.5 Å². The SMILES string of the molecule is C#C[C@@](C)(CC)NC(=O)c1nn2c(C(F)(F)F)cc(-c3ccco3)nc2c1Br. The van der Waals surface area contributed by atoms with Gasteiger partial charge < -0.3 is 9.73 Å². The molecule has 0 radical (unpaired) electrons. The van der Waals surface area contributed by atoms with Crippen molar-refractivity contribution in [3.05, 3.63) is 40.3 Å². The second-order valence-corrected chi connectivity index (χ2v) is 6.98. The molecule has 0 spiro atoms. The molecule has 0 fully saturated rings. The fourth-order valence-electron chi connectivity index (χ4n) is 2.43. The molecule has 3 aromatic rings. The molecule has 3 rings (SSSR count). The number of aromatic nitrogens is 3. The maximum absolute atomic E-state index is 13.6. The van der Waals surface area contributed by atoms with E-state index in [1.807, 2.05) is 0 Å². The first-order valence-corrected chi connectivity index (χ1v) is 8.89. The van der Waals surface area contributed by atoms with Crippen molar-refractivity contribution < 1.29 is 22.4 Å². The highest BCUT2D eigenvalue weighted by Crippen LogP contribution is 2.34. The first-order valence-electron chi connectivity index (χ1n) is 8.10. The Morgan fingerprint density at radius 2 is 2.18 bits per heavy atom. The van der Waals surface area contributed by atoms with Gasteiger partial charge in [0.05, 0.1) is 16.3 Å². The van der Waals surface area contributed by atoms with Crippen molar-refractivity contribution in [2.24, 2.45) is 0 Å². The zero-order valence-corrected chi connectivity index (χ0v) is 16.3. The largest absolute Gasteiger partial charge is 0.463 e. The van der Waals surface area contributed by atoms with Crippen molar-refractivity contribution in [2.45, 2.75) is 32.0 Å². The number of hydrogen-bond donors (Lipinski definition) is 1. The molecule has 0 aromatic carbocycles. The van der Waals surface area contributed by atoms with E-state index < -0.39 is 23.3 Å². The third-order valence-corrected chi connectivity index (χ3v) is 4.96. The fourth-order valence-corrected chi connectivity index (χ4v) is 2.94. The molecule has 146 valence electrons. The molecular formula is C18H14BrF3N4O2. The van der Waals surface area contributed by atoms with Crippen LogP contribution in [-0.4, -0.2) is 26.0 Å². The molecule has 3 aromatic heterocycles. The van der Waals surface area contributed by atoms with Gasteiger partial charge in [-0.15, -0.1) is 6.42 Å². The minimum absolute atomic E-state index is 0.0133. The van der Waals surface area contributed by atoms with Gasteiger partial charge >= 0.3 is 6.18 Å². The van der Waals surface area contributed by atoms with Gasteiger partial charge in [-0.3, -0.25) is 4.79 Å². The van der Waals surface area contributed by atoms with Crippen LogP contribution in [0.25, 0.3) is 17.1 Å². The molecule has 1 N–H and O–H groups in total. The average Bonchev–Trinajstić information content (AvgIpc) is 3.28. The minimum Gasteiger partial charge on any atom is -0.463 e. The van der Waals surface area contributed by atoms with Crippen LogP contribution in [0.4, 0.5) is 13.2 Å². The lowest BCUT2D eigenvalue weighted by molar-refractivity contribution is -0.142. The first-order chi connectivity index (χ1) is 13.1. The summed E-state index contributed by atoms with van der Waals surface area (Å²) in [5.74, 6) is 1.89. The summed E-state index contributed by atoms with van der Waals surface area (Å²) in [6.45, 7) is 3.40. The van der Waals surface area contributed by atoms with Crippen molar-refractivity contribution in [3.63, 3.8) is 0 Å². The van der Waals surface area contributed by atoms with Crippen LogP contribution in [0.2, 0.25) is 0 Å². The van der Waals surface area contributed by atoms with E-state index in [4.69, 9.17) is 10.8 Å². The third-order valence-electron chi connectivity index (χ3n) is 4.23. The quantitative estimate of drug-likeness (QED) is 0.596. The predicted octanol–water partition coefficient (Wildman–Crippen LogP) is 4.30. The molecule has 0 bridgehead atoms. The van der Waals surface area contributed by atoms with Gasteiger partial charge in [-0.1, -0.05) is 12.8 Å². The number of terminal acetylenes is 1. The number of furan rings is 1. The van der Waals surface area contributed by atoms with Crippen LogP contribution in [0, 0.1) is 12.3 Å². The number of carbonyl (C=O) groups is 1. The van der Waals surface area contributed by atoms with E-state index in [-0.39, 0.29) is 27.3 Å². The van der Waals surface area contributed by atoms with E-state index in [0.717, 1.165) is 6.07 Å². The number of carbonyl (C=O) groups excluding carboxylic acids is 1. The molecule has 6 nitrogen and oxygen atoms in total. The summed E-state index contributed by atoms with van der Waals surface area (Å²) in [6, 6.07) is 3.82. The molecule has 1 amide bonds. The third kappa shape index (κ3) is 3.49. The van der Waals surface area contributed by atoms with Gasteiger partial charge in [0.1, 0.15) is 5.69 Å². The van der Waals surface area contributed by atoms with E-state index in [9.17, 15) is 18.0 Å². The van der Waals surface area contributed by atoms with Crippen LogP contribution in [0.3, 0.4) is 0 Å².